The molecule has 2 aromatic heterocycles. The number of carbonyl (C=O) groups is 1. The standard InChI is InChI=1S/C19H20N2O2/c1-3-23-19(22)13-21-14(2)17(11-15-7-6-10-20-12-15)16-8-4-5-9-18(16)21/h4-10,12H,3,11,13H2,1-2H3. The molecule has 0 N–H and O–H groups in total. The third-order valence-electron chi connectivity index (χ3n) is 4.06. The van der Waals surface area contributed by atoms with Gasteiger partial charge in [-0.3, -0.25) is 9.78 Å². The number of aromatic nitrogens is 2. The first kappa shape index (κ1) is 15.3. The van der Waals surface area contributed by atoms with Crippen LogP contribution in [-0.4, -0.2) is 22.1 Å². The van der Waals surface area contributed by atoms with Gasteiger partial charge in [0, 0.05) is 35.4 Å². The summed E-state index contributed by atoms with van der Waals surface area (Å²) in [5.41, 5.74) is 4.56. The summed E-state index contributed by atoms with van der Waals surface area (Å²) >= 11 is 0. The van der Waals surface area contributed by atoms with Gasteiger partial charge in [-0.1, -0.05) is 24.3 Å². The van der Waals surface area contributed by atoms with Crippen LogP contribution in [0, 0.1) is 6.92 Å². The van der Waals surface area contributed by atoms with Crippen LogP contribution in [0.25, 0.3) is 10.9 Å². The molecule has 4 heteroatoms. The van der Waals surface area contributed by atoms with E-state index in [2.05, 4.69) is 24.0 Å². The maximum Gasteiger partial charge on any atom is 0.325 e. The second kappa shape index (κ2) is 6.65. The van der Waals surface area contributed by atoms with Crippen LogP contribution in [0.15, 0.2) is 48.8 Å². The summed E-state index contributed by atoms with van der Waals surface area (Å²) in [7, 11) is 0. The van der Waals surface area contributed by atoms with Gasteiger partial charge in [0.05, 0.1) is 6.61 Å². The lowest BCUT2D eigenvalue weighted by molar-refractivity contribution is -0.143. The van der Waals surface area contributed by atoms with E-state index in [1.54, 1.807) is 6.20 Å². The Morgan fingerprint density at radius 3 is 2.78 bits per heavy atom. The van der Waals surface area contributed by atoms with Crippen molar-refractivity contribution in [2.45, 2.75) is 26.8 Å². The highest BCUT2D eigenvalue weighted by Crippen LogP contribution is 2.28. The number of esters is 1. The molecule has 0 saturated carbocycles. The minimum Gasteiger partial charge on any atom is -0.465 e. The van der Waals surface area contributed by atoms with Crippen LogP contribution in [0.4, 0.5) is 0 Å². The first-order chi connectivity index (χ1) is 11.2. The molecule has 3 rings (SSSR count). The highest BCUT2D eigenvalue weighted by Gasteiger charge is 2.16. The molecule has 0 unspecified atom stereocenters. The summed E-state index contributed by atoms with van der Waals surface area (Å²) in [6.45, 7) is 4.53. The molecule has 3 aromatic rings. The van der Waals surface area contributed by atoms with Crippen LogP contribution in [-0.2, 0) is 22.5 Å². The van der Waals surface area contributed by atoms with Crippen LogP contribution in [0.1, 0.15) is 23.7 Å². The zero-order valence-electron chi connectivity index (χ0n) is 13.5. The van der Waals surface area contributed by atoms with E-state index in [9.17, 15) is 4.79 Å². The van der Waals surface area contributed by atoms with Gasteiger partial charge in [0.1, 0.15) is 6.54 Å². The lowest BCUT2D eigenvalue weighted by Gasteiger charge is -2.08. The SMILES string of the molecule is CCOC(=O)Cn1c(C)c(Cc2cccnc2)c2ccccc21. The Hall–Kier alpha value is -2.62. The molecular weight excluding hydrogens is 288 g/mol. The Labute approximate surface area is 135 Å². The molecule has 0 atom stereocenters. The lowest BCUT2D eigenvalue weighted by atomic mass is 10.0. The number of para-hydroxylation sites is 1. The highest BCUT2D eigenvalue weighted by atomic mass is 16.5. The minimum absolute atomic E-state index is 0.204. The summed E-state index contributed by atoms with van der Waals surface area (Å²) < 4.78 is 7.15. The van der Waals surface area contributed by atoms with Gasteiger partial charge in [-0.15, -0.1) is 0 Å². The predicted molar refractivity (Wildman–Crippen MR) is 90.4 cm³/mol. The quantitative estimate of drug-likeness (QED) is 0.678. The Kier molecular flexibility index (Phi) is 4.42. The topological polar surface area (TPSA) is 44.1 Å². The Balaban J connectivity index is 2.04. The lowest BCUT2D eigenvalue weighted by Crippen LogP contribution is -2.14. The Morgan fingerprint density at radius 2 is 2.04 bits per heavy atom. The number of hydrogen-bond acceptors (Lipinski definition) is 3. The van der Waals surface area contributed by atoms with Crippen molar-refractivity contribution in [3.05, 3.63) is 65.6 Å². The van der Waals surface area contributed by atoms with Crippen molar-refractivity contribution in [1.29, 1.82) is 0 Å². The van der Waals surface area contributed by atoms with Crippen molar-refractivity contribution >= 4 is 16.9 Å². The zero-order valence-corrected chi connectivity index (χ0v) is 13.5. The smallest absolute Gasteiger partial charge is 0.325 e. The molecule has 0 aliphatic rings. The summed E-state index contributed by atoms with van der Waals surface area (Å²) in [5, 5.41) is 1.18. The first-order valence-electron chi connectivity index (χ1n) is 7.82. The molecule has 0 aliphatic carbocycles. The summed E-state index contributed by atoms with van der Waals surface area (Å²) in [6, 6.07) is 12.2. The van der Waals surface area contributed by atoms with Crippen molar-refractivity contribution in [2.75, 3.05) is 6.61 Å². The number of rotatable bonds is 5. The maximum atomic E-state index is 11.9. The molecule has 1 aromatic carbocycles. The number of carbonyl (C=O) groups excluding carboxylic acids is 1. The molecular formula is C19H20N2O2. The van der Waals surface area contributed by atoms with E-state index in [1.807, 2.05) is 42.0 Å². The minimum atomic E-state index is -0.204. The van der Waals surface area contributed by atoms with Gasteiger partial charge in [0.25, 0.3) is 0 Å². The molecule has 0 saturated heterocycles. The van der Waals surface area contributed by atoms with Crippen LogP contribution in [0.3, 0.4) is 0 Å². The molecule has 0 spiro atoms. The van der Waals surface area contributed by atoms with Crippen LogP contribution < -0.4 is 0 Å². The summed E-state index contributed by atoms with van der Waals surface area (Å²) in [4.78, 5) is 16.1. The van der Waals surface area contributed by atoms with Crippen LogP contribution >= 0.6 is 0 Å². The second-order valence-corrected chi connectivity index (χ2v) is 5.51. The van der Waals surface area contributed by atoms with Gasteiger partial charge in [0.15, 0.2) is 0 Å². The number of benzene rings is 1. The molecule has 0 fully saturated rings. The Bertz CT molecular complexity index is 822. The molecule has 0 amide bonds. The highest BCUT2D eigenvalue weighted by molar-refractivity contribution is 5.87. The maximum absolute atomic E-state index is 11.9. The zero-order chi connectivity index (χ0) is 16.2. The number of pyridine rings is 1. The predicted octanol–water partition coefficient (Wildman–Crippen LogP) is 3.50. The average molecular weight is 308 g/mol. The van der Waals surface area contributed by atoms with Crippen molar-refractivity contribution in [2.24, 2.45) is 0 Å². The normalized spacial score (nSPS) is 10.9. The average Bonchev–Trinajstić information content (AvgIpc) is 2.82. The third kappa shape index (κ3) is 3.11. The number of hydrogen-bond donors (Lipinski definition) is 0. The van der Waals surface area contributed by atoms with Gasteiger partial charge in [-0.2, -0.15) is 0 Å². The summed E-state index contributed by atoms with van der Waals surface area (Å²) in [6.07, 6.45) is 4.47. The van der Waals surface area contributed by atoms with Gasteiger partial charge in [-0.25, -0.2) is 0 Å². The Morgan fingerprint density at radius 1 is 1.22 bits per heavy atom. The monoisotopic (exact) mass is 308 g/mol. The number of fused-ring (bicyclic) bond motifs is 1. The van der Waals surface area contributed by atoms with E-state index >= 15 is 0 Å². The van der Waals surface area contributed by atoms with E-state index < -0.39 is 0 Å². The first-order valence-corrected chi connectivity index (χ1v) is 7.82. The van der Waals surface area contributed by atoms with Gasteiger partial charge < -0.3 is 9.30 Å². The third-order valence-corrected chi connectivity index (χ3v) is 4.06. The van der Waals surface area contributed by atoms with Gasteiger partial charge in [-0.05, 0) is 37.1 Å². The van der Waals surface area contributed by atoms with Crippen molar-refractivity contribution < 1.29 is 9.53 Å². The summed E-state index contributed by atoms with van der Waals surface area (Å²) in [5.74, 6) is -0.204. The van der Waals surface area contributed by atoms with Crippen LogP contribution in [0.2, 0.25) is 0 Å². The number of ether oxygens (including phenoxy) is 1. The molecule has 0 radical (unpaired) electrons. The van der Waals surface area contributed by atoms with Crippen molar-refractivity contribution in [1.82, 2.24) is 9.55 Å². The molecule has 118 valence electrons. The van der Waals surface area contributed by atoms with E-state index in [0.29, 0.717) is 6.61 Å². The molecule has 23 heavy (non-hydrogen) atoms. The van der Waals surface area contributed by atoms with Gasteiger partial charge >= 0.3 is 5.97 Å². The van der Waals surface area contributed by atoms with Gasteiger partial charge in [0.2, 0.25) is 0 Å². The number of nitrogens with zero attached hydrogens (tertiary/aromatic N) is 2. The fourth-order valence-electron chi connectivity index (χ4n) is 2.97. The molecule has 4 nitrogen and oxygen atoms in total. The largest absolute Gasteiger partial charge is 0.465 e. The molecule has 0 aliphatic heterocycles. The second-order valence-electron chi connectivity index (χ2n) is 5.51. The van der Waals surface area contributed by atoms with E-state index in [0.717, 1.165) is 23.2 Å². The van der Waals surface area contributed by atoms with E-state index in [1.165, 1.54) is 10.9 Å². The van der Waals surface area contributed by atoms with Crippen molar-refractivity contribution in [3.63, 3.8) is 0 Å². The fourth-order valence-corrected chi connectivity index (χ4v) is 2.97. The van der Waals surface area contributed by atoms with E-state index in [-0.39, 0.29) is 12.5 Å². The molecule has 2 heterocycles. The molecule has 0 bridgehead atoms. The van der Waals surface area contributed by atoms with E-state index in [4.69, 9.17) is 4.74 Å². The fraction of sp³-hybridized carbons (Fsp3) is 0.263. The van der Waals surface area contributed by atoms with Crippen molar-refractivity contribution in [3.8, 4) is 0 Å². The van der Waals surface area contributed by atoms with Crippen LogP contribution in [0.5, 0.6) is 0 Å².